The predicted molar refractivity (Wildman–Crippen MR) is 85.8 cm³/mol. The van der Waals surface area contributed by atoms with Crippen LogP contribution in [-0.4, -0.2) is 29.9 Å². The van der Waals surface area contributed by atoms with Gasteiger partial charge in [-0.15, -0.1) is 0 Å². The minimum atomic E-state index is -0.500. The fourth-order valence-corrected chi connectivity index (χ4v) is 2.72. The molecule has 1 unspecified atom stereocenters. The Labute approximate surface area is 130 Å². The van der Waals surface area contributed by atoms with Gasteiger partial charge in [-0.1, -0.05) is 0 Å². The molecular weight excluding hydrogens is 278 g/mol. The van der Waals surface area contributed by atoms with Gasteiger partial charge in [-0.05, 0) is 69.8 Å². The first kappa shape index (κ1) is 15.0. The molecule has 1 aromatic rings. The van der Waals surface area contributed by atoms with Crippen LogP contribution in [0.15, 0.2) is 24.3 Å². The summed E-state index contributed by atoms with van der Waals surface area (Å²) in [4.78, 5) is 24.3. The Morgan fingerprint density at radius 2 is 1.91 bits per heavy atom. The number of carbonyl (C=O) groups excluding carboxylic acids is 2. The number of carbonyl (C=O) groups is 2. The summed E-state index contributed by atoms with van der Waals surface area (Å²) in [6.07, 6.45) is 5.18. The Bertz CT molecular complexity index is 558. The van der Waals surface area contributed by atoms with Crippen molar-refractivity contribution in [2.75, 3.05) is 11.9 Å². The molecule has 3 rings (SSSR count). The summed E-state index contributed by atoms with van der Waals surface area (Å²) in [7, 11) is 0. The second-order valence-electron chi connectivity index (χ2n) is 6.50. The summed E-state index contributed by atoms with van der Waals surface area (Å²) in [6.45, 7) is 2.82. The Morgan fingerprint density at radius 3 is 2.50 bits per heavy atom. The van der Waals surface area contributed by atoms with E-state index in [1.807, 2.05) is 6.92 Å². The van der Waals surface area contributed by atoms with Crippen molar-refractivity contribution in [2.45, 2.75) is 50.6 Å². The Balaban J connectivity index is 1.60. The maximum absolute atomic E-state index is 12.4. The lowest BCUT2D eigenvalue weighted by Crippen LogP contribution is -2.54. The molecule has 3 N–H and O–H groups in total. The van der Waals surface area contributed by atoms with E-state index in [2.05, 4.69) is 16.0 Å². The molecule has 1 heterocycles. The van der Waals surface area contributed by atoms with Crippen LogP contribution in [0.1, 0.15) is 49.4 Å². The molecule has 1 saturated heterocycles. The fourth-order valence-electron chi connectivity index (χ4n) is 2.72. The molecule has 0 radical (unpaired) electrons. The van der Waals surface area contributed by atoms with E-state index in [0.29, 0.717) is 11.6 Å². The first-order chi connectivity index (χ1) is 10.6. The molecule has 0 spiro atoms. The van der Waals surface area contributed by atoms with E-state index in [1.54, 1.807) is 24.3 Å². The minimum absolute atomic E-state index is 0.0117. The topological polar surface area (TPSA) is 70.2 Å². The smallest absolute Gasteiger partial charge is 0.251 e. The molecule has 118 valence electrons. The van der Waals surface area contributed by atoms with Crippen LogP contribution in [0.5, 0.6) is 0 Å². The van der Waals surface area contributed by atoms with Crippen molar-refractivity contribution >= 4 is 17.5 Å². The van der Waals surface area contributed by atoms with Crippen molar-refractivity contribution in [3.63, 3.8) is 0 Å². The average Bonchev–Trinajstić information content (AvgIpc) is 3.32. The van der Waals surface area contributed by atoms with Gasteiger partial charge < -0.3 is 16.0 Å². The van der Waals surface area contributed by atoms with Gasteiger partial charge in [-0.25, -0.2) is 0 Å². The lowest BCUT2D eigenvalue weighted by Gasteiger charge is -2.33. The van der Waals surface area contributed by atoms with Crippen LogP contribution in [0.2, 0.25) is 0 Å². The highest BCUT2D eigenvalue weighted by molar-refractivity contribution is 5.99. The summed E-state index contributed by atoms with van der Waals surface area (Å²) >= 11 is 0. The van der Waals surface area contributed by atoms with Crippen molar-refractivity contribution in [3.05, 3.63) is 29.8 Å². The standard InChI is InChI=1S/C17H23N3O2/c1-17(10-2-3-11-18-17)16(22)20-14-6-4-12(5-7-14)15(21)19-13-8-9-13/h4-7,13,18H,2-3,8-11H2,1H3,(H,19,21)(H,20,22). The first-order valence-corrected chi connectivity index (χ1v) is 8.04. The van der Waals surface area contributed by atoms with Gasteiger partial charge in [0, 0.05) is 17.3 Å². The number of nitrogens with one attached hydrogen (secondary N) is 3. The Morgan fingerprint density at radius 1 is 1.18 bits per heavy atom. The maximum atomic E-state index is 12.4. The van der Waals surface area contributed by atoms with Crippen molar-refractivity contribution in [2.24, 2.45) is 0 Å². The second kappa shape index (κ2) is 6.08. The molecule has 2 amide bonds. The lowest BCUT2D eigenvalue weighted by atomic mass is 9.90. The number of benzene rings is 1. The third-order valence-corrected chi connectivity index (χ3v) is 4.44. The molecule has 5 heteroatoms. The summed E-state index contributed by atoms with van der Waals surface area (Å²) in [5.74, 6) is -0.0522. The predicted octanol–water partition coefficient (Wildman–Crippen LogP) is 2.05. The second-order valence-corrected chi connectivity index (χ2v) is 6.50. The van der Waals surface area contributed by atoms with Gasteiger partial charge >= 0.3 is 0 Å². The number of hydrogen-bond acceptors (Lipinski definition) is 3. The molecule has 1 atom stereocenters. The highest BCUT2D eigenvalue weighted by Crippen LogP contribution is 2.22. The van der Waals surface area contributed by atoms with Crippen molar-refractivity contribution in [1.29, 1.82) is 0 Å². The van der Waals surface area contributed by atoms with Gasteiger partial charge in [0.1, 0.15) is 0 Å². The Hall–Kier alpha value is -1.88. The summed E-state index contributed by atoms with van der Waals surface area (Å²) in [5, 5.41) is 9.19. The molecule has 5 nitrogen and oxygen atoms in total. The normalized spacial score (nSPS) is 24.6. The Kier molecular flexibility index (Phi) is 4.16. The lowest BCUT2D eigenvalue weighted by molar-refractivity contribution is -0.122. The zero-order valence-corrected chi connectivity index (χ0v) is 12.9. The van der Waals surface area contributed by atoms with E-state index in [4.69, 9.17) is 0 Å². The van der Waals surface area contributed by atoms with Crippen molar-refractivity contribution in [1.82, 2.24) is 10.6 Å². The summed E-state index contributed by atoms with van der Waals surface area (Å²) in [6, 6.07) is 7.43. The zero-order valence-electron chi connectivity index (χ0n) is 12.9. The quantitative estimate of drug-likeness (QED) is 0.797. The van der Waals surface area contributed by atoms with Gasteiger partial charge in [0.25, 0.3) is 5.91 Å². The molecule has 22 heavy (non-hydrogen) atoms. The fraction of sp³-hybridized carbons (Fsp3) is 0.529. The molecule has 1 saturated carbocycles. The molecule has 1 aliphatic heterocycles. The van der Waals surface area contributed by atoms with Crippen LogP contribution >= 0.6 is 0 Å². The molecule has 1 aliphatic carbocycles. The monoisotopic (exact) mass is 301 g/mol. The highest BCUT2D eigenvalue weighted by atomic mass is 16.2. The van der Waals surface area contributed by atoms with Crippen LogP contribution in [-0.2, 0) is 4.79 Å². The van der Waals surface area contributed by atoms with Gasteiger partial charge in [0.2, 0.25) is 5.91 Å². The average molecular weight is 301 g/mol. The summed E-state index contributed by atoms with van der Waals surface area (Å²) in [5.41, 5.74) is 0.855. The third-order valence-electron chi connectivity index (χ3n) is 4.44. The SMILES string of the molecule is CC1(C(=O)Nc2ccc(C(=O)NC3CC3)cc2)CCCCN1. The van der Waals surface area contributed by atoms with E-state index < -0.39 is 5.54 Å². The molecular formula is C17H23N3O2. The largest absolute Gasteiger partial charge is 0.349 e. The van der Waals surface area contributed by atoms with Crippen molar-refractivity contribution in [3.8, 4) is 0 Å². The molecule has 2 aliphatic rings. The van der Waals surface area contributed by atoms with Crippen LogP contribution in [0.25, 0.3) is 0 Å². The molecule has 0 aromatic heterocycles. The highest BCUT2D eigenvalue weighted by Gasteiger charge is 2.34. The van der Waals surface area contributed by atoms with Crippen LogP contribution in [0, 0.1) is 0 Å². The first-order valence-electron chi connectivity index (χ1n) is 8.04. The van der Waals surface area contributed by atoms with Gasteiger partial charge in [0.15, 0.2) is 0 Å². The zero-order chi connectivity index (χ0) is 15.6. The van der Waals surface area contributed by atoms with Gasteiger partial charge in [0.05, 0.1) is 5.54 Å². The van der Waals surface area contributed by atoms with Crippen LogP contribution < -0.4 is 16.0 Å². The summed E-state index contributed by atoms with van der Waals surface area (Å²) < 4.78 is 0. The van der Waals surface area contributed by atoms with Crippen LogP contribution in [0.4, 0.5) is 5.69 Å². The number of hydrogen-bond donors (Lipinski definition) is 3. The van der Waals surface area contributed by atoms with Crippen molar-refractivity contribution < 1.29 is 9.59 Å². The number of piperidine rings is 1. The molecule has 1 aromatic carbocycles. The molecule has 2 fully saturated rings. The molecule has 0 bridgehead atoms. The number of anilines is 1. The van der Waals surface area contributed by atoms with Gasteiger partial charge in [-0.2, -0.15) is 0 Å². The number of rotatable bonds is 4. The van der Waals surface area contributed by atoms with E-state index in [0.717, 1.165) is 44.3 Å². The number of amides is 2. The van der Waals surface area contributed by atoms with E-state index in [1.165, 1.54) is 0 Å². The van der Waals surface area contributed by atoms with Gasteiger partial charge in [-0.3, -0.25) is 9.59 Å². The van der Waals surface area contributed by atoms with E-state index in [9.17, 15) is 9.59 Å². The van der Waals surface area contributed by atoms with Crippen LogP contribution in [0.3, 0.4) is 0 Å². The third kappa shape index (κ3) is 3.47. The maximum Gasteiger partial charge on any atom is 0.251 e. The van der Waals surface area contributed by atoms with E-state index >= 15 is 0 Å². The minimum Gasteiger partial charge on any atom is -0.349 e. The van der Waals surface area contributed by atoms with E-state index in [-0.39, 0.29) is 11.8 Å².